The van der Waals surface area contributed by atoms with Gasteiger partial charge >= 0.3 is 0 Å². The Morgan fingerprint density at radius 2 is 1.80 bits per heavy atom. The topological polar surface area (TPSA) is 73.6 Å². The summed E-state index contributed by atoms with van der Waals surface area (Å²) in [5.74, 6) is 1.51. The van der Waals surface area contributed by atoms with Crippen LogP contribution in [-0.2, 0) is 11.3 Å². The van der Waals surface area contributed by atoms with Gasteiger partial charge in [-0.05, 0) is 12.1 Å². The third-order valence-corrected chi connectivity index (χ3v) is 3.51. The number of hydrogen-bond acceptors (Lipinski definition) is 5. The van der Waals surface area contributed by atoms with Crippen LogP contribution >= 0.6 is 0 Å². The van der Waals surface area contributed by atoms with Gasteiger partial charge in [0.05, 0.1) is 13.7 Å². The minimum Gasteiger partial charge on any atom is -0.493 e. The van der Waals surface area contributed by atoms with Crippen molar-refractivity contribution in [1.29, 1.82) is 0 Å². The number of nitrogens with one attached hydrogen (secondary N) is 1. The summed E-state index contributed by atoms with van der Waals surface area (Å²) < 4.78 is 15.9. The molecule has 0 atom stereocenters. The molecule has 128 valence electrons. The Hall–Kier alpha value is -3.28. The number of amides is 1. The molecule has 0 saturated carbocycles. The predicted molar refractivity (Wildman–Crippen MR) is 92.3 cm³/mol. The van der Waals surface area contributed by atoms with Gasteiger partial charge in [-0.2, -0.15) is 0 Å². The molecule has 1 N–H and O–H groups in total. The van der Waals surface area contributed by atoms with Gasteiger partial charge < -0.3 is 19.3 Å². The molecular formula is C19H18N2O4. The summed E-state index contributed by atoms with van der Waals surface area (Å²) in [6.07, 6.45) is 0. The van der Waals surface area contributed by atoms with Gasteiger partial charge in [-0.1, -0.05) is 47.6 Å². The quantitative estimate of drug-likeness (QED) is 0.717. The van der Waals surface area contributed by atoms with Crippen molar-refractivity contribution < 1.29 is 18.8 Å². The van der Waals surface area contributed by atoms with Gasteiger partial charge in [0.1, 0.15) is 5.69 Å². The van der Waals surface area contributed by atoms with Crippen LogP contribution in [0.5, 0.6) is 11.5 Å². The normalized spacial score (nSPS) is 10.3. The number of hydrogen-bond donors (Lipinski definition) is 1. The molecule has 0 fully saturated rings. The third kappa shape index (κ3) is 4.38. The van der Waals surface area contributed by atoms with Crippen LogP contribution in [0.25, 0.3) is 11.3 Å². The van der Waals surface area contributed by atoms with E-state index in [0.29, 0.717) is 23.0 Å². The average Bonchev–Trinajstić information content (AvgIpc) is 3.14. The fourth-order valence-corrected chi connectivity index (χ4v) is 2.26. The fourth-order valence-electron chi connectivity index (χ4n) is 2.26. The Balaban J connectivity index is 1.50. The molecule has 1 heterocycles. The van der Waals surface area contributed by atoms with Crippen molar-refractivity contribution in [2.75, 3.05) is 13.7 Å². The van der Waals surface area contributed by atoms with Crippen molar-refractivity contribution in [3.8, 4) is 22.8 Å². The van der Waals surface area contributed by atoms with Crippen molar-refractivity contribution >= 4 is 5.91 Å². The number of ether oxygens (including phenoxy) is 2. The van der Waals surface area contributed by atoms with E-state index in [1.54, 1.807) is 25.3 Å². The first-order chi connectivity index (χ1) is 12.3. The molecule has 0 aliphatic heterocycles. The van der Waals surface area contributed by atoms with E-state index in [1.165, 1.54) is 0 Å². The van der Waals surface area contributed by atoms with Crippen LogP contribution in [0.15, 0.2) is 65.2 Å². The van der Waals surface area contributed by atoms with E-state index in [-0.39, 0.29) is 19.1 Å². The zero-order valence-corrected chi connectivity index (χ0v) is 13.8. The lowest BCUT2D eigenvalue weighted by atomic mass is 10.2. The smallest absolute Gasteiger partial charge is 0.258 e. The zero-order chi connectivity index (χ0) is 17.5. The van der Waals surface area contributed by atoms with Crippen LogP contribution in [0.3, 0.4) is 0 Å². The minimum absolute atomic E-state index is 0.107. The van der Waals surface area contributed by atoms with Crippen molar-refractivity contribution in [3.05, 3.63) is 66.4 Å². The molecule has 0 bridgehead atoms. The van der Waals surface area contributed by atoms with Crippen molar-refractivity contribution in [2.45, 2.75) is 6.54 Å². The van der Waals surface area contributed by atoms with E-state index >= 15 is 0 Å². The molecule has 2 aromatic carbocycles. The van der Waals surface area contributed by atoms with Gasteiger partial charge in [-0.15, -0.1) is 0 Å². The van der Waals surface area contributed by atoms with E-state index in [9.17, 15) is 4.79 Å². The molecule has 25 heavy (non-hydrogen) atoms. The highest BCUT2D eigenvalue weighted by Crippen LogP contribution is 2.25. The molecule has 0 radical (unpaired) electrons. The van der Waals surface area contributed by atoms with E-state index in [2.05, 4.69) is 10.5 Å². The van der Waals surface area contributed by atoms with Crippen LogP contribution in [0.2, 0.25) is 0 Å². The van der Waals surface area contributed by atoms with E-state index in [0.717, 1.165) is 5.56 Å². The number of aromatic nitrogens is 1. The number of methoxy groups -OCH3 is 1. The molecule has 0 aliphatic rings. The SMILES string of the molecule is COc1ccccc1OCC(=O)NCc1cc(-c2ccccc2)on1. The second-order valence-electron chi connectivity index (χ2n) is 5.26. The second kappa shape index (κ2) is 8.01. The summed E-state index contributed by atoms with van der Waals surface area (Å²) in [7, 11) is 1.55. The molecule has 1 amide bonds. The Labute approximate surface area is 145 Å². The van der Waals surface area contributed by atoms with Crippen molar-refractivity contribution in [1.82, 2.24) is 10.5 Å². The molecule has 6 nitrogen and oxygen atoms in total. The van der Waals surface area contributed by atoms with Gasteiger partial charge in [0.25, 0.3) is 5.91 Å². The van der Waals surface area contributed by atoms with Gasteiger partial charge in [0.15, 0.2) is 23.9 Å². The minimum atomic E-state index is -0.254. The number of nitrogens with zero attached hydrogens (tertiary/aromatic N) is 1. The maximum atomic E-state index is 11.9. The maximum absolute atomic E-state index is 11.9. The molecule has 0 spiro atoms. The number of rotatable bonds is 7. The summed E-state index contributed by atoms with van der Waals surface area (Å²) in [4.78, 5) is 11.9. The molecule has 6 heteroatoms. The van der Waals surface area contributed by atoms with Crippen LogP contribution in [0.1, 0.15) is 5.69 Å². The summed E-state index contributed by atoms with van der Waals surface area (Å²) in [6, 6.07) is 18.6. The number of benzene rings is 2. The number of carbonyl (C=O) groups excluding carboxylic acids is 1. The zero-order valence-electron chi connectivity index (χ0n) is 13.8. The number of carbonyl (C=O) groups is 1. The highest BCUT2D eigenvalue weighted by atomic mass is 16.5. The standard InChI is InChI=1S/C19H18N2O4/c1-23-16-9-5-6-10-17(16)24-13-19(22)20-12-15-11-18(25-21-15)14-7-3-2-4-8-14/h2-11H,12-13H2,1H3,(H,20,22). The summed E-state index contributed by atoms with van der Waals surface area (Å²) in [6.45, 7) is 0.161. The lowest BCUT2D eigenvalue weighted by Gasteiger charge is -2.09. The highest BCUT2D eigenvalue weighted by Gasteiger charge is 2.09. The average molecular weight is 338 g/mol. The molecule has 3 aromatic rings. The van der Waals surface area contributed by atoms with Crippen LogP contribution in [0.4, 0.5) is 0 Å². The first-order valence-electron chi connectivity index (χ1n) is 7.80. The summed E-state index contributed by atoms with van der Waals surface area (Å²) in [5, 5.41) is 6.70. The molecule has 1 aromatic heterocycles. The van der Waals surface area contributed by atoms with Crippen molar-refractivity contribution in [2.24, 2.45) is 0 Å². The first-order valence-corrected chi connectivity index (χ1v) is 7.80. The van der Waals surface area contributed by atoms with Crippen LogP contribution < -0.4 is 14.8 Å². The van der Waals surface area contributed by atoms with E-state index < -0.39 is 0 Å². The van der Waals surface area contributed by atoms with Crippen LogP contribution in [0, 0.1) is 0 Å². The monoisotopic (exact) mass is 338 g/mol. The Kier molecular flexibility index (Phi) is 5.31. The number of para-hydroxylation sites is 2. The first kappa shape index (κ1) is 16.6. The van der Waals surface area contributed by atoms with Gasteiger partial charge in [-0.3, -0.25) is 4.79 Å². The summed E-state index contributed by atoms with van der Waals surface area (Å²) in [5.41, 5.74) is 1.58. The van der Waals surface area contributed by atoms with Crippen LogP contribution in [-0.4, -0.2) is 24.8 Å². The van der Waals surface area contributed by atoms with Gasteiger partial charge in [0.2, 0.25) is 0 Å². The van der Waals surface area contributed by atoms with E-state index in [4.69, 9.17) is 14.0 Å². The molecular weight excluding hydrogens is 320 g/mol. The summed E-state index contributed by atoms with van der Waals surface area (Å²) >= 11 is 0. The molecule has 3 rings (SSSR count). The van der Waals surface area contributed by atoms with Gasteiger partial charge in [0, 0.05) is 11.6 Å². The van der Waals surface area contributed by atoms with E-state index in [1.807, 2.05) is 42.5 Å². The fraction of sp³-hybridized carbons (Fsp3) is 0.158. The van der Waals surface area contributed by atoms with Crippen molar-refractivity contribution in [3.63, 3.8) is 0 Å². The lowest BCUT2D eigenvalue weighted by Crippen LogP contribution is -2.28. The van der Waals surface area contributed by atoms with Gasteiger partial charge in [-0.25, -0.2) is 0 Å². The Bertz CT molecular complexity index is 830. The maximum Gasteiger partial charge on any atom is 0.258 e. The lowest BCUT2D eigenvalue weighted by molar-refractivity contribution is -0.123. The highest BCUT2D eigenvalue weighted by molar-refractivity contribution is 5.77. The Morgan fingerprint density at radius 1 is 1.08 bits per heavy atom. The Morgan fingerprint density at radius 3 is 2.56 bits per heavy atom. The largest absolute Gasteiger partial charge is 0.493 e. The third-order valence-electron chi connectivity index (χ3n) is 3.51. The molecule has 0 aliphatic carbocycles. The predicted octanol–water partition coefficient (Wildman–Crippen LogP) is 3.05. The second-order valence-corrected chi connectivity index (χ2v) is 5.26. The molecule has 0 saturated heterocycles. The molecule has 0 unspecified atom stereocenters.